The number of hydrogen-bond donors (Lipinski definition) is 2. The third-order valence-corrected chi connectivity index (χ3v) is 4.06. The maximum atomic E-state index is 12.2. The molecule has 0 aliphatic carbocycles. The van der Waals surface area contributed by atoms with Crippen molar-refractivity contribution >= 4 is 22.0 Å². The molecule has 21 heavy (non-hydrogen) atoms. The van der Waals surface area contributed by atoms with Crippen molar-refractivity contribution in [2.45, 2.75) is 26.8 Å². The molecule has 1 rings (SSSR count). The summed E-state index contributed by atoms with van der Waals surface area (Å²) < 4.78 is 32.0. The molecular weight excluding hydrogens is 294 g/mol. The summed E-state index contributed by atoms with van der Waals surface area (Å²) in [4.78, 5) is 11.3. The van der Waals surface area contributed by atoms with Crippen LogP contribution in [0.1, 0.15) is 25.8 Å². The lowest BCUT2D eigenvalue weighted by Crippen LogP contribution is -2.43. The van der Waals surface area contributed by atoms with Crippen LogP contribution in [0.15, 0.2) is 24.3 Å². The molecule has 0 saturated carbocycles. The van der Waals surface area contributed by atoms with Gasteiger partial charge in [0.2, 0.25) is 0 Å². The number of nitrogens with zero attached hydrogens (tertiary/aromatic N) is 1. The minimum Gasteiger partial charge on any atom is -0.449 e. The Labute approximate surface area is 125 Å². The Balaban J connectivity index is 2.84. The molecule has 1 aromatic rings. The summed E-state index contributed by atoms with van der Waals surface area (Å²) in [5, 5.41) is 0. The second-order valence-corrected chi connectivity index (χ2v) is 6.07. The molecule has 7 nitrogen and oxygen atoms in total. The van der Waals surface area contributed by atoms with E-state index >= 15 is 0 Å². The van der Waals surface area contributed by atoms with Crippen molar-refractivity contribution in [2.75, 3.05) is 18.9 Å². The second kappa shape index (κ2) is 7.84. The molecule has 0 unspecified atom stereocenters. The summed E-state index contributed by atoms with van der Waals surface area (Å²) in [6.07, 6.45) is -0.352. The van der Waals surface area contributed by atoms with Crippen LogP contribution in [0, 0.1) is 0 Å². The van der Waals surface area contributed by atoms with E-state index in [0.29, 0.717) is 18.7 Å². The Bertz CT molecular complexity index is 557. The molecule has 0 aliphatic heterocycles. The third-order valence-electron chi connectivity index (χ3n) is 2.64. The van der Waals surface area contributed by atoms with Crippen LogP contribution in [-0.4, -0.2) is 32.0 Å². The van der Waals surface area contributed by atoms with Crippen molar-refractivity contribution in [2.24, 2.45) is 0 Å². The van der Waals surface area contributed by atoms with Crippen LogP contribution in [-0.2, 0) is 21.5 Å². The Morgan fingerprint density at radius 1 is 1.29 bits per heavy atom. The van der Waals surface area contributed by atoms with Gasteiger partial charge < -0.3 is 10.5 Å². The van der Waals surface area contributed by atoms with Gasteiger partial charge in [0, 0.05) is 18.8 Å². The quantitative estimate of drug-likeness (QED) is 0.742. The van der Waals surface area contributed by atoms with Crippen LogP contribution in [0.5, 0.6) is 0 Å². The van der Waals surface area contributed by atoms with Crippen LogP contribution in [0.2, 0.25) is 0 Å². The summed E-state index contributed by atoms with van der Waals surface area (Å²) >= 11 is 0. The molecule has 0 heterocycles. The van der Waals surface area contributed by atoms with Gasteiger partial charge >= 0.3 is 16.3 Å². The van der Waals surface area contributed by atoms with Crippen molar-refractivity contribution in [1.29, 1.82) is 0 Å². The van der Waals surface area contributed by atoms with Gasteiger partial charge in [-0.1, -0.05) is 19.1 Å². The topological polar surface area (TPSA) is 102 Å². The van der Waals surface area contributed by atoms with Crippen molar-refractivity contribution in [3.05, 3.63) is 29.8 Å². The molecule has 0 aromatic heterocycles. The van der Waals surface area contributed by atoms with Crippen molar-refractivity contribution in [3.63, 3.8) is 0 Å². The summed E-state index contributed by atoms with van der Waals surface area (Å²) in [6.45, 7) is 4.01. The number of amides is 1. The van der Waals surface area contributed by atoms with E-state index in [4.69, 9.17) is 5.73 Å². The molecular formula is C13H21N3O4S. The fourth-order valence-electron chi connectivity index (χ4n) is 1.69. The average Bonchev–Trinajstić information content (AvgIpc) is 2.40. The number of rotatable bonds is 7. The van der Waals surface area contributed by atoms with E-state index in [9.17, 15) is 13.2 Å². The number of carbonyl (C=O) groups is 1. The van der Waals surface area contributed by atoms with Crippen LogP contribution in [0.25, 0.3) is 0 Å². The second-order valence-electron chi connectivity index (χ2n) is 4.40. The van der Waals surface area contributed by atoms with E-state index in [0.717, 1.165) is 5.56 Å². The van der Waals surface area contributed by atoms with Gasteiger partial charge in [0.1, 0.15) is 0 Å². The molecule has 0 bridgehead atoms. The number of hydrogen-bond acceptors (Lipinski definition) is 5. The monoisotopic (exact) mass is 315 g/mol. The van der Waals surface area contributed by atoms with Crippen LogP contribution in [0.3, 0.4) is 0 Å². The summed E-state index contributed by atoms with van der Waals surface area (Å²) in [7, 11) is -3.94. The Hall–Kier alpha value is -1.80. The molecule has 118 valence electrons. The van der Waals surface area contributed by atoms with Gasteiger partial charge in [-0.05, 0) is 31.0 Å². The normalized spacial score (nSPS) is 11.4. The van der Waals surface area contributed by atoms with E-state index < -0.39 is 16.3 Å². The van der Waals surface area contributed by atoms with Crippen LogP contribution >= 0.6 is 0 Å². The SMILES string of the molecule is CCCN(Cc1ccc(N)cc1)S(=O)(=O)NC(=O)OCC. The highest BCUT2D eigenvalue weighted by molar-refractivity contribution is 7.87. The van der Waals surface area contributed by atoms with Gasteiger partial charge in [-0.25, -0.2) is 9.52 Å². The molecule has 1 amide bonds. The van der Waals surface area contributed by atoms with Gasteiger partial charge in [0.15, 0.2) is 0 Å². The minimum atomic E-state index is -3.94. The number of benzene rings is 1. The maximum Gasteiger partial charge on any atom is 0.421 e. The van der Waals surface area contributed by atoms with Crippen molar-refractivity contribution in [3.8, 4) is 0 Å². The first-order chi connectivity index (χ1) is 9.89. The number of nitrogens with two attached hydrogens (primary N) is 1. The van der Waals surface area contributed by atoms with Gasteiger partial charge in [0.05, 0.1) is 6.61 Å². The number of nitrogens with one attached hydrogen (secondary N) is 1. The van der Waals surface area contributed by atoms with Crippen molar-refractivity contribution in [1.82, 2.24) is 9.03 Å². The molecule has 0 atom stereocenters. The average molecular weight is 315 g/mol. The summed E-state index contributed by atoms with van der Waals surface area (Å²) in [5.74, 6) is 0. The first-order valence-electron chi connectivity index (χ1n) is 6.68. The Morgan fingerprint density at radius 2 is 1.90 bits per heavy atom. The van der Waals surface area contributed by atoms with Gasteiger partial charge in [0.25, 0.3) is 0 Å². The fraction of sp³-hybridized carbons (Fsp3) is 0.462. The number of carbonyl (C=O) groups excluding carboxylic acids is 1. The molecule has 1 aromatic carbocycles. The Morgan fingerprint density at radius 3 is 2.43 bits per heavy atom. The van der Waals surface area contributed by atoms with Crippen LogP contribution < -0.4 is 10.5 Å². The van der Waals surface area contributed by atoms with E-state index in [1.807, 2.05) is 11.6 Å². The highest BCUT2D eigenvalue weighted by Gasteiger charge is 2.24. The summed E-state index contributed by atoms with van der Waals surface area (Å²) in [6, 6.07) is 6.89. The molecule has 0 spiro atoms. The number of anilines is 1. The van der Waals surface area contributed by atoms with Gasteiger partial charge in [-0.15, -0.1) is 0 Å². The lowest BCUT2D eigenvalue weighted by Gasteiger charge is -2.21. The van der Waals surface area contributed by atoms with Crippen molar-refractivity contribution < 1.29 is 17.9 Å². The minimum absolute atomic E-state index is 0.104. The number of ether oxygens (including phenoxy) is 1. The highest BCUT2D eigenvalue weighted by atomic mass is 32.2. The molecule has 0 aliphatic rings. The summed E-state index contributed by atoms with van der Waals surface area (Å²) in [5.41, 5.74) is 6.98. The molecule has 0 radical (unpaired) electrons. The number of nitrogen functional groups attached to an aromatic ring is 1. The largest absolute Gasteiger partial charge is 0.449 e. The fourth-order valence-corrected chi connectivity index (χ4v) is 2.83. The van der Waals surface area contributed by atoms with Gasteiger partial charge in [-0.2, -0.15) is 12.7 Å². The zero-order valence-corrected chi connectivity index (χ0v) is 13.0. The Kier molecular flexibility index (Phi) is 6.44. The predicted molar refractivity (Wildman–Crippen MR) is 80.6 cm³/mol. The standard InChI is InChI=1S/C13H21N3O4S/c1-3-9-16(10-11-5-7-12(14)8-6-11)21(18,19)15-13(17)20-4-2/h5-8H,3-4,9-10,14H2,1-2H3,(H,15,17). The third kappa shape index (κ3) is 5.60. The first-order valence-corrected chi connectivity index (χ1v) is 8.12. The van der Waals surface area contributed by atoms with E-state index in [1.165, 1.54) is 4.31 Å². The van der Waals surface area contributed by atoms with E-state index in [1.54, 1.807) is 31.2 Å². The molecule has 8 heteroatoms. The van der Waals surface area contributed by atoms with Crippen LogP contribution in [0.4, 0.5) is 10.5 Å². The molecule has 0 saturated heterocycles. The van der Waals surface area contributed by atoms with E-state index in [2.05, 4.69) is 4.74 Å². The lowest BCUT2D eigenvalue weighted by atomic mass is 10.2. The smallest absolute Gasteiger partial charge is 0.421 e. The molecule has 0 fully saturated rings. The first kappa shape index (κ1) is 17.3. The molecule has 3 N–H and O–H groups in total. The van der Waals surface area contributed by atoms with E-state index in [-0.39, 0.29) is 13.2 Å². The zero-order chi connectivity index (χ0) is 15.9. The highest BCUT2D eigenvalue weighted by Crippen LogP contribution is 2.11. The lowest BCUT2D eigenvalue weighted by molar-refractivity contribution is 0.158. The predicted octanol–water partition coefficient (Wildman–Crippen LogP) is 1.47. The zero-order valence-electron chi connectivity index (χ0n) is 12.2. The van der Waals surface area contributed by atoms with Gasteiger partial charge in [-0.3, -0.25) is 0 Å². The maximum absolute atomic E-state index is 12.2.